The summed E-state index contributed by atoms with van der Waals surface area (Å²) in [6.45, 7) is 10.1. The number of halogens is 1. The van der Waals surface area contributed by atoms with Crippen molar-refractivity contribution in [3.8, 4) is 0 Å². The van der Waals surface area contributed by atoms with Crippen LogP contribution >= 0.6 is 24.0 Å². The molecule has 2 aliphatic rings. The second kappa shape index (κ2) is 11.6. The van der Waals surface area contributed by atoms with Crippen LogP contribution in [0.15, 0.2) is 4.99 Å². The summed E-state index contributed by atoms with van der Waals surface area (Å²) in [5, 5.41) is 7.19. The van der Waals surface area contributed by atoms with Gasteiger partial charge in [0.1, 0.15) is 0 Å². The van der Waals surface area contributed by atoms with Gasteiger partial charge in [-0.1, -0.05) is 13.8 Å². The Morgan fingerprint density at radius 2 is 1.80 bits per heavy atom. The number of hydrogen-bond acceptors (Lipinski definition) is 3. The number of likely N-dealkylation sites (tertiary alicyclic amines) is 1. The molecule has 0 radical (unpaired) electrons. The van der Waals surface area contributed by atoms with E-state index >= 15 is 0 Å². The number of guanidine groups is 1. The van der Waals surface area contributed by atoms with Crippen molar-refractivity contribution in [2.75, 3.05) is 46.9 Å². The highest BCUT2D eigenvalue weighted by atomic mass is 127. The summed E-state index contributed by atoms with van der Waals surface area (Å²) in [6, 6.07) is 0.583. The van der Waals surface area contributed by atoms with Gasteiger partial charge in [0.2, 0.25) is 0 Å². The van der Waals surface area contributed by atoms with Gasteiger partial charge < -0.3 is 20.3 Å². The molecule has 148 valence electrons. The molecular weight excluding hydrogens is 427 g/mol. The first-order valence-electron chi connectivity index (χ1n) is 9.71. The van der Waals surface area contributed by atoms with Crippen molar-refractivity contribution in [2.24, 2.45) is 16.3 Å². The highest BCUT2D eigenvalue weighted by Crippen LogP contribution is 2.34. The molecule has 2 N–H and O–H groups in total. The summed E-state index contributed by atoms with van der Waals surface area (Å²) < 4.78 is 5.17. The maximum absolute atomic E-state index is 5.17. The molecule has 0 atom stereocenters. The normalized spacial score (nSPS) is 23.1. The number of piperidine rings is 1. The highest BCUT2D eigenvalue weighted by Gasteiger charge is 2.27. The van der Waals surface area contributed by atoms with Crippen LogP contribution < -0.4 is 10.6 Å². The maximum atomic E-state index is 5.17. The van der Waals surface area contributed by atoms with E-state index < -0.39 is 0 Å². The summed E-state index contributed by atoms with van der Waals surface area (Å²) in [6.07, 6.45) is 7.66. The second-order valence-electron chi connectivity index (χ2n) is 8.31. The van der Waals surface area contributed by atoms with Crippen molar-refractivity contribution < 1.29 is 4.74 Å². The van der Waals surface area contributed by atoms with Gasteiger partial charge in [0, 0.05) is 33.3 Å². The Kier molecular flexibility index (Phi) is 10.6. The fourth-order valence-corrected chi connectivity index (χ4v) is 3.81. The first kappa shape index (κ1) is 23.0. The molecule has 1 saturated carbocycles. The van der Waals surface area contributed by atoms with E-state index in [0.717, 1.165) is 31.6 Å². The molecule has 5 nitrogen and oxygen atoms in total. The lowest BCUT2D eigenvalue weighted by Gasteiger charge is -2.35. The Balaban J connectivity index is 0.00000312. The minimum Gasteiger partial charge on any atom is -0.383 e. The molecular formula is C19H39IN4O. The molecule has 0 aromatic heterocycles. The van der Waals surface area contributed by atoms with E-state index in [9.17, 15) is 0 Å². The smallest absolute Gasteiger partial charge is 0.191 e. The van der Waals surface area contributed by atoms with Crippen LogP contribution in [0.2, 0.25) is 0 Å². The van der Waals surface area contributed by atoms with Crippen molar-refractivity contribution in [1.29, 1.82) is 0 Å². The molecule has 0 aromatic carbocycles. The van der Waals surface area contributed by atoms with Gasteiger partial charge in [-0.05, 0) is 62.9 Å². The Labute approximate surface area is 171 Å². The first-order chi connectivity index (χ1) is 11.5. The Bertz CT molecular complexity index is 385. The zero-order valence-electron chi connectivity index (χ0n) is 16.6. The minimum absolute atomic E-state index is 0. The largest absolute Gasteiger partial charge is 0.383 e. The molecule has 2 fully saturated rings. The zero-order valence-corrected chi connectivity index (χ0v) is 19.0. The van der Waals surface area contributed by atoms with Crippen molar-refractivity contribution >= 4 is 29.9 Å². The van der Waals surface area contributed by atoms with E-state index in [-0.39, 0.29) is 24.0 Å². The summed E-state index contributed by atoms with van der Waals surface area (Å²) >= 11 is 0. The van der Waals surface area contributed by atoms with Gasteiger partial charge in [-0.2, -0.15) is 0 Å². The third kappa shape index (κ3) is 8.43. The molecule has 1 aliphatic heterocycles. The molecule has 0 spiro atoms. The number of nitrogens with zero attached hydrogens (tertiary/aromatic N) is 2. The topological polar surface area (TPSA) is 48.9 Å². The molecule has 25 heavy (non-hydrogen) atoms. The zero-order chi connectivity index (χ0) is 17.4. The van der Waals surface area contributed by atoms with E-state index in [1.807, 2.05) is 7.05 Å². The molecule has 1 saturated heterocycles. The second-order valence-corrected chi connectivity index (χ2v) is 8.31. The third-order valence-electron chi connectivity index (χ3n) is 5.78. The van der Waals surface area contributed by atoms with Crippen LogP contribution in [0.25, 0.3) is 0 Å². The fourth-order valence-electron chi connectivity index (χ4n) is 3.81. The number of hydrogen-bond donors (Lipinski definition) is 2. The molecule has 0 aromatic rings. The summed E-state index contributed by atoms with van der Waals surface area (Å²) in [7, 11) is 3.66. The van der Waals surface area contributed by atoms with Gasteiger partial charge in [0.05, 0.1) is 6.61 Å². The molecule has 6 heteroatoms. The molecule has 2 rings (SSSR count). The monoisotopic (exact) mass is 466 g/mol. The maximum Gasteiger partial charge on any atom is 0.191 e. The van der Waals surface area contributed by atoms with Gasteiger partial charge >= 0.3 is 0 Å². The molecule has 0 bridgehead atoms. The van der Waals surface area contributed by atoms with E-state index in [2.05, 4.69) is 34.4 Å². The molecule has 1 heterocycles. The minimum atomic E-state index is 0. The third-order valence-corrected chi connectivity index (χ3v) is 5.78. The summed E-state index contributed by atoms with van der Waals surface area (Å²) in [5.74, 6) is 1.74. The van der Waals surface area contributed by atoms with Crippen molar-refractivity contribution in [3.63, 3.8) is 0 Å². The van der Waals surface area contributed by atoms with Gasteiger partial charge in [-0.25, -0.2) is 0 Å². The van der Waals surface area contributed by atoms with Gasteiger partial charge in [0.25, 0.3) is 0 Å². The van der Waals surface area contributed by atoms with E-state index in [1.165, 1.54) is 51.6 Å². The Morgan fingerprint density at radius 3 is 2.36 bits per heavy atom. The number of rotatable bonds is 6. The van der Waals surface area contributed by atoms with E-state index in [4.69, 9.17) is 4.74 Å². The quantitative estimate of drug-likeness (QED) is 0.359. The van der Waals surface area contributed by atoms with Crippen molar-refractivity contribution in [2.45, 2.75) is 58.4 Å². The van der Waals surface area contributed by atoms with E-state index in [1.54, 1.807) is 7.11 Å². The van der Waals surface area contributed by atoms with Crippen LogP contribution in [-0.4, -0.2) is 63.8 Å². The first-order valence-corrected chi connectivity index (χ1v) is 9.71. The number of nitrogens with one attached hydrogen (secondary N) is 2. The predicted molar refractivity (Wildman–Crippen MR) is 117 cm³/mol. The Hall–Kier alpha value is -0.0800. The van der Waals surface area contributed by atoms with Crippen LogP contribution in [0.3, 0.4) is 0 Å². The lowest BCUT2D eigenvalue weighted by Crippen LogP contribution is -2.47. The van der Waals surface area contributed by atoms with Crippen LogP contribution in [0.4, 0.5) is 0 Å². The lowest BCUT2D eigenvalue weighted by atomic mass is 9.75. The molecule has 0 unspecified atom stereocenters. The lowest BCUT2D eigenvalue weighted by molar-refractivity contribution is 0.120. The van der Waals surface area contributed by atoms with Gasteiger partial charge in [-0.15, -0.1) is 24.0 Å². The van der Waals surface area contributed by atoms with Crippen LogP contribution in [0.1, 0.15) is 52.4 Å². The summed E-state index contributed by atoms with van der Waals surface area (Å²) in [5.41, 5.74) is 0.520. The SMILES string of the molecule is CN=C(NCC1CCN(CCOC)CC1)NC1CCC(C)(C)CC1.I. The average Bonchev–Trinajstić information content (AvgIpc) is 2.59. The number of methoxy groups -OCH3 is 1. The number of aliphatic imine (C=N–C) groups is 1. The van der Waals surface area contributed by atoms with E-state index in [0.29, 0.717) is 11.5 Å². The van der Waals surface area contributed by atoms with Crippen LogP contribution in [0, 0.1) is 11.3 Å². The standard InChI is InChI=1S/C19H38N4O.HI/c1-19(2)9-5-17(6-10-19)22-18(20-3)21-15-16-7-11-23(12-8-16)13-14-24-4;/h16-17H,5-15H2,1-4H3,(H2,20,21,22);1H. The molecule has 1 aliphatic carbocycles. The average molecular weight is 466 g/mol. The fraction of sp³-hybridized carbons (Fsp3) is 0.947. The Morgan fingerprint density at radius 1 is 1.16 bits per heavy atom. The van der Waals surface area contributed by atoms with Gasteiger partial charge in [0.15, 0.2) is 5.96 Å². The van der Waals surface area contributed by atoms with Crippen molar-refractivity contribution in [3.05, 3.63) is 0 Å². The van der Waals surface area contributed by atoms with Crippen LogP contribution in [0.5, 0.6) is 0 Å². The molecule has 0 amide bonds. The van der Waals surface area contributed by atoms with Gasteiger partial charge in [-0.3, -0.25) is 4.99 Å². The van der Waals surface area contributed by atoms with Crippen molar-refractivity contribution in [1.82, 2.24) is 15.5 Å². The van der Waals surface area contributed by atoms with Crippen LogP contribution in [-0.2, 0) is 4.74 Å². The highest BCUT2D eigenvalue weighted by molar-refractivity contribution is 14.0. The number of ether oxygens (including phenoxy) is 1. The summed E-state index contributed by atoms with van der Waals surface area (Å²) in [4.78, 5) is 6.94. The predicted octanol–water partition coefficient (Wildman–Crippen LogP) is 3.10.